The van der Waals surface area contributed by atoms with E-state index in [1.807, 2.05) is 25.1 Å². The van der Waals surface area contributed by atoms with Crippen molar-refractivity contribution in [2.45, 2.75) is 20.4 Å². The molecule has 2 aromatic heterocycles. The van der Waals surface area contributed by atoms with Crippen LogP contribution in [0.2, 0.25) is 0 Å². The first-order valence-electron chi connectivity index (χ1n) is 5.43. The maximum atomic E-state index is 10.9. The highest BCUT2D eigenvalue weighted by Crippen LogP contribution is 2.22. The van der Waals surface area contributed by atoms with Crippen molar-refractivity contribution < 1.29 is 9.90 Å². The third-order valence-electron chi connectivity index (χ3n) is 2.37. The second-order valence-electron chi connectivity index (χ2n) is 3.85. The summed E-state index contributed by atoms with van der Waals surface area (Å²) in [6.07, 6.45) is 0. The van der Waals surface area contributed by atoms with Crippen LogP contribution in [0.1, 0.15) is 26.8 Å². The van der Waals surface area contributed by atoms with Gasteiger partial charge in [0, 0.05) is 10.6 Å². The Morgan fingerprint density at radius 1 is 1.39 bits per heavy atom. The van der Waals surface area contributed by atoms with Gasteiger partial charge in [0.15, 0.2) is 10.8 Å². The van der Waals surface area contributed by atoms with E-state index in [4.69, 9.17) is 5.11 Å². The Kier molecular flexibility index (Phi) is 3.57. The maximum absolute atomic E-state index is 10.9. The van der Waals surface area contributed by atoms with Gasteiger partial charge in [-0.15, -0.1) is 11.3 Å². The van der Waals surface area contributed by atoms with Crippen LogP contribution in [0.25, 0.3) is 0 Å². The molecule has 0 radical (unpaired) electrons. The number of thiazole rings is 1. The Morgan fingerprint density at radius 2 is 2.17 bits per heavy atom. The lowest BCUT2D eigenvalue weighted by atomic mass is 10.3. The molecule has 0 amide bonds. The fourth-order valence-electron chi connectivity index (χ4n) is 1.53. The number of carboxylic acids is 1. The van der Waals surface area contributed by atoms with E-state index in [0.717, 1.165) is 11.4 Å². The zero-order valence-electron chi connectivity index (χ0n) is 10.1. The van der Waals surface area contributed by atoms with Crippen LogP contribution in [-0.2, 0) is 6.54 Å². The second-order valence-corrected chi connectivity index (χ2v) is 5.06. The van der Waals surface area contributed by atoms with E-state index in [1.54, 1.807) is 6.92 Å². The van der Waals surface area contributed by atoms with Gasteiger partial charge in [-0.05, 0) is 26.0 Å². The molecule has 0 aliphatic rings. The van der Waals surface area contributed by atoms with Crippen molar-refractivity contribution in [2.75, 3.05) is 5.32 Å². The van der Waals surface area contributed by atoms with E-state index in [0.29, 0.717) is 16.6 Å². The van der Waals surface area contributed by atoms with Crippen LogP contribution in [0.15, 0.2) is 18.2 Å². The molecule has 0 saturated carbocycles. The summed E-state index contributed by atoms with van der Waals surface area (Å²) in [4.78, 5) is 19.9. The maximum Gasteiger partial charge on any atom is 0.355 e. The van der Waals surface area contributed by atoms with Crippen LogP contribution in [0, 0.1) is 13.8 Å². The molecule has 0 atom stereocenters. The molecule has 2 heterocycles. The lowest BCUT2D eigenvalue weighted by molar-refractivity contribution is 0.0690. The predicted molar refractivity (Wildman–Crippen MR) is 70.1 cm³/mol. The number of aromatic carboxylic acids is 1. The number of aromatic nitrogens is 2. The topological polar surface area (TPSA) is 75.1 Å². The van der Waals surface area contributed by atoms with Crippen molar-refractivity contribution in [2.24, 2.45) is 0 Å². The van der Waals surface area contributed by atoms with E-state index < -0.39 is 5.97 Å². The van der Waals surface area contributed by atoms with Crippen LogP contribution in [0.4, 0.5) is 5.13 Å². The molecule has 0 spiro atoms. The van der Waals surface area contributed by atoms with Gasteiger partial charge in [-0.2, -0.15) is 0 Å². The monoisotopic (exact) mass is 263 g/mol. The number of hydrogen-bond donors (Lipinski definition) is 2. The number of carbonyl (C=O) groups is 1. The lowest BCUT2D eigenvalue weighted by Crippen LogP contribution is -2.03. The van der Waals surface area contributed by atoms with Crippen molar-refractivity contribution in [3.63, 3.8) is 0 Å². The van der Waals surface area contributed by atoms with Crippen LogP contribution < -0.4 is 5.32 Å². The number of hydrogen-bond acceptors (Lipinski definition) is 5. The fourth-order valence-corrected chi connectivity index (χ4v) is 2.34. The first kappa shape index (κ1) is 12.5. The Morgan fingerprint density at radius 3 is 2.78 bits per heavy atom. The summed E-state index contributed by atoms with van der Waals surface area (Å²) in [5.41, 5.74) is 1.97. The number of carboxylic acid groups (broad SMARTS) is 1. The number of nitrogens with one attached hydrogen (secondary N) is 1. The standard InChI is InChI=1S/C12H13N3O2S/c1-7-4-3-5-9(14-7)6-13-12-15-10(11(16)17)8(2)18-12/h3-5H,6H2,1-2H3,(H,13,15)(H,16,17). The number of anilines is 1. The summed E-state index contributed by atoms with van der Waals surface area (Å²) >= 11 is 1.34. The summed E-state index contributed by atoms with van der Waals surface area (Å²) in [7, 11) is 0. The molecule has 5 nitrogen and oxygen atoms in total. The highest BCUT2D eigenvalue weighted by atomic mass is 32.1. The highest BCUT2D eigenvalue weighted by Gasteiger charge is 2.13. The molecule has 94 valence electrons. The first-order valence-corrected chi connectivity index (χ1v) is 6.25. The first-order chi connectivity index (χ1) is 8.56. The minimum Gasteiger partial charge on any atom is -0.476 e. The van der Waals surface area contributed by atoms with E-state index in [2.05, 4.69) is 15.3 Å². The minimum absolute atomic E-state index is 0.111. The molecule has 2 rings (SSSR count). The predicted octanol–water partition coefficient (Wildman–Crippen LogP) is 2.47. The van der Waals surface area contributed by atoms with Gasteiger partial charge in [-0.3, -0.25) is 4.98 Å². The van der Waals surface area contributed by atoms with Crippen molar-refractivity contribution >= 4 is 22.4 Å². The van der Waals surface area contributed by atoms with Crippen LogP contribution in [0.5, 0.6) is 0 Å². The van der Waals surface area contributed by atoms with Gasteiger partial charge >= 0.3 is 5.97 Å². The second kappa shape index (κ2) is 5.14. The molecule has 18 heavy (non-hydrogen) atoms. The molecule has 0 bridgehead atoms. The number of rotatable bonds is 4. The Balaban J connectivity index is 2.06. The molecule has 2 N–H and O–H groups in total. The Bertz CT molecular complexity index is 580. The number of aryl methyl sites for hydroxylation is 2. The fraction of sp³-hybridized carbons (Fsp3) is 0.250. The zero-order valence-corrected chi connectivity index (χ0v) is 10.9. The van der Waals surface area contributed by atoms with Crippen LogP contribution in [0.3, 0.4) is 0 Å². The van der Waals surface area contributed by atoms with E-state index in [9.17, 15) is 4.79 Å². The molecule has 2 aromatic rings. The SMILES string of the molecule is Cc1cccc(CNc2nc(C(=O)O)c(C)s2)n1. The summed E-state index contributed by atoms with van der Waals surface area (Å²) in [5, 5.41) is 12.6. The van der Waals surface area contributed by atoms with Crippen molar-refractivity contribution in [3.8, 4) is 0 Å². The summed E-state index contributed by atoms with van der Waals surface area (Å²) in [5.74, 6) is -0.995. The number of pyridine rings is 1. The Labute approximate surface area is 109 Å². The average Bonchev–Trinajstić information content (AvgIpc) is 2.68. The summed E-state index contributed by atoms with van der Waals surface area (Å²) in [6, 6.07) is 5.78. The largest absolute Gasteiger partial charge is 0.476 e. The Hall–Kier alpha value is -1.95. The van der Waals surface area contributed by atoms with Crippen molar-refractivity contribution in [3.05, 3.63) is 40.2 Å². The van der Waals surface area contributed by atoms with Crippen molar-refractivity contribution in [1.82, 2.24) is 9.97 Å². The van der Waals surface area contributed by atoms with Gasteiger partial charge in [0.05, 0.1) is 12.2 Å². The van der Waals surface area contributed by atoms with Gasteiger partial charge in [-0.1, -0.05) is 6.07 Å². The molecular weight excluding hydrogens is 250 g/mol. The third-order valence-corrected chi connectivity index (χ3v) is 3.29. The van der Waals surface area contributed by atoms with Crippen LogP contribution >= 0.6 is 11.3 Å². The molecule has 0 aromatic carbocycles. The van der Waals surface area contributed by atoms with Gasteiger partial charge in [0.2, 0.25) is 0 Å². The number of nitrogens with zero attached hydrogens (tertiary/aromatic N) is 2. The zero-order chi connectivity index (χ0) is 13.1. The molecule has 0 saturated heterocycles. The van der Waals surface area contributed by atoms with Crippen LogP contribution in [-0.4, -0.2) is 21.0 Å². The normalized spacial score (nSPS) is 10.3. The summed E-state index contributed by atoms with van der Waals surface area (Å²) in [6.45, 7) is 4.21. The van der Waals surface area contributed by atoms with Crippen molar-refractivity contribution in [1.29, 1.82) is 0 Å². The molecule has 0 aliphatic heterocycles. The van der Waals surface area contributed by atoms with E-state index >= 15 is 0 Å². The van der Waals surface area contributed by atoms with Gasteiger partial charge in [0.25, 0.3) is 0 Å². The minimum atomic E-state index is -0.995. The van der Waals surface area contributed by atoms with Gasteiger partial charge < -0.3 is 10.4 Å². The summed E-state index contributed by atoms with van der Waals surface area (Å²) < 4.78 is 0. The third kappa shape index (κ3) is 2.84. The molecule has 0 aliphatic carbocycles. The molecular formula is C12H13N3O2S. The molecule has 0 unspecified atom stereocenters. The van der Waals surface area contributed by atoms with Gasteiger partial charge in [-0.25, -0.2) is 9.78 Å². The smallest absolute Gasteiger partial charge is 0.355 e. The molecule has 0 fully saturated rings. The van der Waals surface area contributed by atoms with Gasteiger partial charge in [0.1, 0.15) is 0 Å². The highest BCUT2D eigenvalue weighted by molar-refractivity contribution is 7.15. The lowest BCUT2D eigenvalue weighted by Gasteiger charge is -2.02. The quantitative estimate of drug-likeness (QED) is 0.886. The van der Waals surface area contributed by atoms with E-state index in [1.165, 1.54) is 11.3 Å². The van der Waals surface area contributed by atoms with E-state index in [-0.39, 0.29) is 5.69 Å². The molecule has 6 heteroatoms. The average molecular weight is 263 g/mol.